The Bertz CT molecular complexity index is 297. The van der Waals surface area contributed by atoms with E-state index >= 15 is 0 Å². The summed E-state index contributed by atoms with van der Waals surface area (Å²) in [5.41, 5.74) is 7.54. The van der Waals surface area contributed by atoms with Gasteiger partial charge in [0, 0.05) is 18.7 Å². The van der Waals surface area contributed by atoms with Gasteiger partial charge in [-0.05, 0) is 13.3 Å². The summed E-state index contributed by atoms with van der Waals surface area (Å²) < 4.78 is 0. The van der Waals surface area contributed by atoms with Crippen LogP contribution in [0.2, 0.25) is 0 Å². The van der Waals surface area contributed by atoms with Gasteiger partial charge in [-0.3, -0.25) is 9.97 Å². The van der Waals surface area contributed by atoms with Crippen molar-refractivity contribution in [3.05, 3.63) is 23.8 Å². The van der Waals surface area contributed by atoms with Crippen LogP contribution in [0.1, 0.15) is 30.3 Å². The molecule has 3 heteroatoms. The third-order valence-electron chi connectivity index (χ3n) is 1.78. The molecule has 1 atom stereocenters. The second kappa shape index (κ2) is 4.58. The highest BCUT2D eigenvalue weighted by Crippen LogP contribution is 2.11. The van der Waals surface area contributed by atoms with Gasteiger partial charge in [-0.15, -0.1) is 12.3 Å². The monoisotopic (exact) mass is 175 g/mol. The molecular formula is C10H13N3. The SMILES string of the molecule is C#CCCC(N)c1cnc(C)cn1. The molecule has 1 unspecified atom stereocenters. The van der Waals surface area contributed by atoms with Gasteiger partial charge >= 0.3 is 0 Å². The van der Waals surface area contributed by atoms with Crippen molar-refractivity contribution in [2.45, 2.75) is 25.8 Å². The van der Waals surface area contributed by atoms with Gasteiger partial charge in [-0.1, -0.05) is 0 Å². The fourth-order valence-electron chi connectivity index (χ4n) is 0.981. The van der Waals surface area contributed by atoms with Crippen molar-refractivity contribution in [3.63, 3.8) is 0 Å². The van der Waals surface area contributed by atoms with Crippen LogP contribution in [0, 0.1) is 19.3 Å². The summed E-state index contributed by atoms with van der Waals surface area (Å²) in [4.78, 5) is 8.29. The first-order chi connectivity index (χ1) is 6.24. The first-order valence-electron chi connectivity index (χ1n) is 4.21. The van der Waals surface area contributed by atoms with E-state index in [1.54, 1.807) is 12.4 Å². The minimum absolute atomic E-state index is 0.0934. The van der Waals surface area contributed by atoms with Crippen molar-refractivity contribution in [1.82, 2.24) is 9.97 Å². The normalized spacial score (nSPS) is 12.1. The fourth-order valence-corrected chi connectivity index (χ4v) is 0.981. The van der Waals surface area contributed by atoms with Crippen LogP contribution in [-0.4, -0.2) is 9.97 Å². The molecule has 0 fully saturated rings. The Kier molecular flexibility index (Phi) is 3.41. The summed E-state index contributed by atoms with van der Waals surface area (Å²) in [6.07, 6.45) is 9.99. The Morgan fingerprint density at radius 3 is 2.85 bits per heavy atom. The van der Waals surface area contributed by atoms with E-state index in [0.29, 0.717) is 6.42 Å². The van der Waals surface area contributed by atoms with Gasteiger partial charge in [0.05, 0.1) is 17.6 Å². The van der Waals surface area contributed by atoms with E-state index < -0.39 is 0 Å². The number of nitrogens with zero attached hydrogens (tertiary/aromatic N) is 2. The van der Waals surface area contributed by atoms with Crippen LogP contribution in [0.5, 0.6) is 0 Å². The molecule has 0 saturated heterocycles. The molecule has 0 aliphatic rings. The molecule has 0 spiro atoms. The maximum Gasteiger partial charge on any atom is 0.0754 e. The van der Waals surface area contributed by atoms with Crippen molar-refractivity contribution in [2.24, 2.45) is 5.73 Å². The highest BCUT2D eigenvalue weighted by molar-refractivity contribution is 5.05. The van der Waals surface area contributed by atoms with Gasteiger partial charge < -0.3 is 5.73 Å². The highest BCUT2D eigenvalue weighted by atomic mass is 14.8. The minimum Gasteiger partial charge on any atom is -0.323 e. The molecule has 3 nitrogen and oxygen atoms in total. The molecule has 0 aromatic carbocycles. The number of terminal acetylenes is 1. The van der Waals surface area contributed by atoms with E-state index in [1.165, 1.54) is 0 Å². The Labute approximate surface area is 78.4 Å². The molecule has 0 amide bonds. The van der Waals surface area contributed by atoms with Gasteiger partial charge in [-0.2, -0.15) is 0 Å². The molecule has 0 saturated carbocycles. The largest absolute Gasteiger partial charge is 0.323 e. The standard InChI is InChI=1S/C10H13N3/c1-3-4-5-9(11)10-7-12-8(2)6-13-10/h1,6-7,9H,4-5,11H2,2H3. The number of aryl methyl sites for hydroxylation is 1. The number of rotatable bonds is 3. The van der Waals surface area contributed by atoms with Crippen molar-refractivity contribution in [2.75, 3.05) is 0 Å². The lowest BCUT2D eigenvalue weighted by Crippen LogP contribution is -2.12. The summed E-state index contributed by atoms with van der Waals surface area (Å²) in [6.45, 7) is 1.89. The zero-order valence-corrected chi connectivity index (χ0v) is 7.70. The third-order valence-corrected chi connectivity index (χ3v) is 1.78. The van der Waals surface area contributed by atoms with Gasteiger partial charge in [0.2, 0.25) is 0 Å². The van der Waals surface area contributed by atoms with Crippen LogP contribution < -0.4 is 5.73 Å². The maximum absolute atomic E-state index is 5.83. The molecule has 0 aliphatic carbocycles. The molecule has 1 aromatic heterocycles. The van der Waals surface area contributed by atoms with E-state index in [-0.39, 0.29) is 6.04 Å². The van der Waals surface area contributed by atoms with E-state index in [4.69, 9.17) is 12.2 Å². The number of hydrogen-bond acceptors (Lipinski definition) is 3. The number of aromatic nitrogens is 2. The lowest BCUT2D eigenvalue weighted by molar-refractivity contribution is 0.643. The van der Waals surface area contributed by atoms with Crippen molar-refractivity contribution in [1.29, 1.82) is 0 Å². The average molecular weight is 175 g/mol. The average Bonchev–Trinajstić information content (AvgIpc) is 2.15. The third kappa shape index (κ3) is 2.85. The van der Waals surface area contributed by atoms with Crippen LogP contribution in [0.3, 0.4) is 0 Å². The first-order valence-corrected chi connectivity index (χ1v) is 4.21. The molecule has 0 bridgehead atoms. The molecule has 0 radical (unpaired) electrons. The van der Waals surface area contributed by atoms with Crippen LogP contribution in [0.25, 0.3) is 0 Å². The van der Waals surface area contributed by atoms with Crippen molar-refractivity contribution in [3.8, 4) is 12.3 Å². The number of hydrogen-bond donors (Lipinski definition) is 1. The Balaban J connectivity index is 2.62. The van der Waals surface area contributed by atoms with Crippen LogP contribution in [-0.2, 0) is 0 Å². The maximum atomic E-state index is 5.83. The zero-order chi connectivity index (χ0) is 9.68. The molecule has 1 aromatic rings. The lowest BCUT2D eigenvalue weighted by Gasteiger charge is -2.07. The molecular weight excluding hydrogens is 162 g/mol. The van der Waals surface area contributed by atoms with E-state index in [0.717, 1.165) is 17.8 Å². The Morgan fingerprint density at radius 1 is 1.54 bits per heavy atom. The van der Waals surface area contributed by atoms with Crippen molar-refractivity contribution >= 4 is 0 Å². The van der Waals surface area contributed by atoms with Crippen LogP contribution in [0.4, 0.5) is 0 Å². The van der Waals surface area contributed by atoms with Crippen LogP contribution >= 0.6 is 0 Å². The molecule has 2 N–H and O–H groups in total. The highest BCUT2D eigenvalue weighted by Gasteiger charge is 2.05. The zero-order valence-electron chi connectivity index (χ0n) is 7.70. The minimum atomic E-state index is -0.0934. The quantitative estimate of drug-likeness (QED) is 0.702. The fraction of sp³-hybridized carbons (Fsp3) is 0.400. The molecule has 13 heavy (non-hydrogen) atoms. The predicted molar refractivity (Wildman–Crippen MR) is 51.8 cm³/mol. The summed E-state index contributed by atoms with van der Waals surface area (Å²) in [5.74, 6) is 2.55. The van der Waals surface area contributed by atoms with Gasteiger partial charge in [0.15, 0.2) is 0 Å². The summed E-state index contributed by atoms with van der Waals surface area (Å²) in [5, 5.41) is 0. The summed E-state index contributed by atoms with van der Waals surface area (Å²) >= 11 is 0. The number of nitrogens with two attached hydrogens (primary N) is 1. The van der Waals surface area contributed by atoms with Gasteiger partial charge in [0.1, 0.15) is 0 Å². The van der Waals surface area contributed by atoms with E-state index in [1.807, 2.05) is 6.92 Å². The molecule has 1 heterocycles. The summed E-state index contributed by atoms with van der Waals surface area (Å²) in [7, 11) is 0. The van der Waals surface area contributed by atoms with Gasteiger partial charge in [-0.25, -0.2) is 0 Å². The van der Waals surface area contributed by atoms with Crippen LogP contribution in [0.15, 0.2) is 12.4 Å². The lowest BCUT2D eigenvalue weighted by atomic mass is 10.1. The summed E-state index contributed by atoms with van der Waals surface area (Å²) in [6, 6.07) is -0.0934. The second-order valence-electron chi connectivity index (χ2n) is 2.93. The molecule has 1 rings (SSSR count). The second-order valence-corrected chi connectivity index (χ2v) is 2.93. The van der Waals surface area contributed by atoms with Crippen molar-refractivity contribution < 1.29 is 0 Å². The predicted octanol–water partition coefficient (Wildman–Crippen LogP) is 1.20. The Hall–Kier alpha value is -1.40. The molecule has 68 valence electrons. The Morgan fingerprint density at radius 2 is 2.31 bits per heavy atom. The molecule has 0 aliphatic heterocycles. The van der Waals surface area contributed by atoms with E-state index in [9.17, 15) is 0 Å². The topological polar surface area (TPSA) is 51.8 Å². The smallest absolute Gasteiger partial charge is 0.0754 e. The first kappa shape index (κ1) is 9.69. The van der Waals surface area contributed by atoms with E-state index in [2.05, 4.69) is 15.9 Å². The van der Waals surface area contributed by atoms with Gasteiger partial charge in [0.25, 0.3) is 0 Å².